The zero-order chi connectivity index (χ0) is 21.8. The molecule has 9 heteroatoms. The molecular formula is C22H20N2O6S. The van der Waals surface area contributed by atoms with E-state index in [0.29, 0.717) is 28.6 Å². The molecule has 2 N–H and O–H groups in total. The van der Waals surface area contributed by atoms with Crippen molar-refractivity contribution < 1.29 is 27.4 Å². The number of fused-ring (bicyclic) bond motifs is 1. The number of anilines is 2. The molecule has 8 nitrogen and oxygen atoms in total. The molecule has 0 saturated heterocycles. The first-order valence-electron chi connectivity index (χ1n) is 9.41. The number of nitrogens with one attached hydrogen (secondary N) is 2. The van der Waals surface area contributed by atoms with E-state index in [1.807, 2.05) is 6.07 Å². The van der Waals surface area contributed by atoms with Gasteiger partial charge in [-0.1, -0.05) is 24.3 Å². The third-order valence-corrected chi connectivity index (χ3v) is 5.97. The average molecular weight is 440 g/mol. The molecule has 1 aliphatic rings. The van der Waals surface area contributed by atoms with Crippen LogP contribution in [0, 0.1) is 0 Å². The number of para-hydroxylation sites is 4. The Kier molecular flexibility index (Phi) is 5.68. The molecule has 0 unspecified atom stereocenters. The third-order valence-electron chi connectivity index (χ3n) is 4.58. The van der Waals surface area contributed by atoms with Gasteiger partial charge < -0.3 is 19.5 Å². The molecule has 0 bridgehead atoms. The van der Waals surface area contributed by atoms with Gasteiger partial charge in [-0.15, -0.1) is 0 Å². The van der Waals surface area contributed by atoms with E-state index < -0.39 is 22.0 Å². The van der Waals surface area contributed by atoms with Gasteiger partial charge in [0.2, 0.25) is 6.10 Å². The van der Waals surface area contributed by atoms with Gasteiger partial charge >= 0.3 is 0 Å². The predicted octanol–water partition coefficient (Wildman–Crippen LogP) is 3.27. The van der Waals surface area contributed by atoms with Crippen LogP contribution in [0.3, 0.4) is 0 Å². The van der Waals surface area contributed by atoms with Gasteiger partial charge in [-0.2, -0.15) is 0 Å². The van der Waals surface area contributed by atoms with Gasteiger partial charge in [0.05, 0.1) is 17.7 Å². The number of sulfonamides is 1. The van der Waals surface area contributed by atoms with Crippen LogP contribution in [0.15, 0.2) is 77.7 Å². The summed E-state index contributed by atoms with van der Waals surface area (Å²) in [6.45, 7) is 0.0815. The molecule has 0 radical (unpaired) electrons. The molecule has 1 heterocycles. The number of hydrogen-bond donors (Lipinski definition) is 2. The summed E-state index contributed by atoms with van der Waals surface area (Å²) >= 11 is 0. The van der Waals surface area contributed by atoms with Crippen molar-refractivity contribution in [2.75, 3.05) is 23.8 Å². The summed E-state index contributed by atoms with van der Waals surface area (Å²) < 4.78 is 44.3. The van der Waals surface area contributed by atoms with Gasteiger partial charge in [0, 0.05) is 5.69 Å². The van der Waals surface area contributed by atoms with E-state index in [-0.39, 0.29) is 11.5 Å². The molecule has 0 aliphatic carbocycles. The normalized spacial score (nSPS) is 15.1. The van der Waals surface area contributed by atoms with Crippen molar-refractivity contribution in [2.24, 2.45) is 0 Å². The maximum Gasteiger partial charge on any atom is 0.269 e. The smallest absolute Gasteiger partial charge is 0.269 e. The Morgan fingerprint density at radius 3 is 2.39 bits per heavy atom. The number of carbonyl (C=O) groups excluding carboxylic acids is 1. The van der Waals surface area contributed by atoms with Gasteiger partial charge in [-0.3, -0.25) is 9.52 Å². The second-order valence-corrected chi connectivity index (χ2v) is 8.37. The zero-order valence-corrected chi connectivity index (χ0v) is 17.4. The maximum atomic E-state index is 12.7. The highest BCUT2D eigenvalue weighted by Crippen LogP contribution is 2.31. The van der Waals surface area contributed by atoms with Crippen molar-refractivity contribution in [1.29, 1.82) is 0 Å². The van der Waals surface area contributed by atoms with Crippen molar-refractivity contribution in [1.82, 2.24) is 0 Å². The second-order valence-electron chi connectivity index (χ2n) is 6.68. The summed E-state index contributed by atoms with van der Waals surface area (Å²) in [4.78, 5) is 12.6. The molecule has 1 aliphatic heterocycles. The molecule has 31 heavy (non-hydrogen) atoms. The highest BCUT2D eigenvalue weighted by molar-refractivity contribution is 7.92. The molecular weight excluding hydrogens is 420 g/mol. The third kappa shape index (κ3) is 4.56. The topological polar surface area (TPSA) is 103 Å². The summed E-state index contributed by atoms with van der Waals surface area (Å²) in [5.41, 5.74) is 0.765. The zero-order valence-electron chi connectivity index (χ0n) is 16.6. The summed E-state index contributed by atoms with van der Waals surface area (Å²) in [7, 11) is -2.37. The van der Waals surface area contributed by atoms with Crippen LogP contribution in [-0.2, 0) is 14.8 Å². The Labute approximate surface area is 179 Å². The number of benzene rings is 3. The standard InChI is InChI=1S/C22H20N2O6S/c1-28-18-7-3-2-6-17(18)24-31(26,27)16-12-10-15(11-13-16)23-22(25)21-14-29-19-8-4-5-9-20(19)30-21/h2-13,21,24H,14H2,1H3,(H,23,25)/t21-/m0/s1. The SMILES string of the molecule is COc1ccccc1NS(=O)(=O)c1ccc(NC(=O)[C@@H]2COc3ccccc3O2)cc1. The van der Waals surface area contributed by atoms with Crippen LogP contribution in [-0.4, -0.2) is 34.1 Å². The predicted molar refractivity (Wildman–Crippen MR) is 115 cm³/mol. The Morgan fingerprint density at radius 2 is 1.65 bits per heavy atom. The molecule has 0 aromatic heterocycles. The first-order chi connectivity index (χ1) is 15.0. The van der Waals surface area contributed by atoms with Crippen molar-refractivity contribution in [3.63, 3.8) is 0 Å². The molecule has 0 saturated carbocycles. The van der Waals surface area contributed by atoms with Gasteiger partial charge in [0.25, 0.3) is 15.9 Å². The minimum atomic E-state index is -3.83. The first kappa shape index (κ1) is 20.5. The lowest BCUT2D eigenvalue weighted by Crippen LogP contribution is -2.40. The number of hydrogen-bond acceptors (Lipinski definition) is 6. The maximum absolute atomic E-state index is 12.7. The van der Waals surface area contributed by atoms with E-state index in [0.717, 1.165) is 0 Å². The Bertz CT molecular complexity index is 1190. The van der Waals surface area contributed by atoms with Crippen molar-refractivity contribution in [2.45, 2.75) is 11.0 Å². The number of carbonyl (C=O) groups is 1. The van der Waals surface area contributed by atoms with Gasteiger partial charge in [0.1, 0.15) is 12.4 Å². The van der Waals surface area contributed by atoms with Crippen LogP contribution in [0.1, 0.15) is 0 Å². The number of amides is 1. The molecule has 4 rings (SSSR count). The molecule has 160 valence electrons. The average Bonchev–Trinajstić information content (AvgIpc) is 2.79. The van der Waals surface area contributed by atoms with Crippen LogP contribution in [0.25, 0.3) is 0 Å². The Morgan fingerprint density at radius 1 is 0.968 bits per heavy atom. The number of rotatable bonds is 6. The second kappa shape index (κ2) is 8.57. The van der Waals surface area contributed by atoms with E-state index >= 15 is 0 Å². The van der Waals surface area contributed by atoms with E-state index in [9.17, 15) is 13.2 Å². The molecule has 1 amide bonds. The van der Waals surface area contributed by atoms with E-state index in [4.69, 9.17) is 14.2 Å². The molecule has 3 aromatic carbocycles. The van der Waals surface area contributed by atoms with Crippen molar-refractivity contribution in [3.8, 4) is 17.2 Å². The lowest BCUT2D eigenvalue weighted by molar-refractivity contribution is -0.125. The Balaban J connectivity index is 1.43. The largest absolute Gasteiger partial charge is 0.495 e. The van der Waals surface area contributed by atoms with Gasteiger partial charge in [0.15, 0.2) is 11.5 Å². The van der Waals surface area contributed by atoms with E-state index in [1.54, 1.807) is 42.5 Å². The monoisotopic (exact) mass is 440 g/mol. The summed E-state index contributed by atoms with van der Waals surface area (Å²) in [6, 6.07) is 19.6. The van der Waals surface area contributed by atoms with Crippen LogP contribution in [0.4, 0.5) is 11.4 Å². The molecule has 0 fully saturated rings. The lowest BCUT2D eigenvalue weighted by atomic mass is 10.2. The summed E-state index contributed by atoms with van der Waals surface area (Å²) in [6.07, 6.45) is -0.814. The fourth-order valence-electron chi connectivity index (χ4n) is 3.02. The number of ether oxygens (including phenoxy) is 3. The van der Waals surface area contributed by atoms with Crippen LogP contribution < -0.4 is 24.2 Å². The molecule has 1 atom stereocenters. The first-order valence-corrected chi connectivity index (χ1v) is 10.9. The minimum Gasteiger partial charge on any atom is -0.495 e. The van der Waals surface area contributed by atoms with E-state index in [2.05, 4.69) is 10.0 Å². The van der Waals surface area contributed by atoms with Gasteiger partial charge in [-0.25, -0.2) is 8.42 Å². The fraction of sp³-hybridized carbons (Fsp3) is 0.136. The molecule has 0 spiro atoms. The van der Waals surface area contributed by atoms with Crippen LogP contribution >= 0.6 is 0 Å². The Hall–Kier alpha value is -3.72. The van der Waals surface area contributed by atoms with Crippen LogP contribution in [0.5, 0.6) is 17.2 Å². The van der Waals surface area contributed by atoms with Gasteiger partial charge in [-0.05, 0) is 48.5 Å². The van der Waals surface area contributed by atoms with E-state index in [1.165, 1.54) is 31.4 Å². The summed E-state index contributed by atoms with van der Waals surface area (Å²) in [5.74, 6) is 1.10. The molecule has 3 aromatic rings. The highest BCUT2D eigenvalue weighted by Gasteiger charge is 2.27. The lowest BCUT2D eigenvalue weighted by Gasteiger charge is -2.25. The van der Waals surface area contributed by atoms with Crippen LogP contribution in [0.2, 0.25) is 0 Å². The fourth-order valence-corrected chi connectivity index (χ4v) is 4.09. The number of methoxy groups -OCH3 is 1. The summed E-state index contributed by atoms with van der Waals surface area (Å²) in [5, 5.41) is 2.71. The quantitative estimate of drug-likeness (QED) is 0.610. The van der Waals surface area contributed by atoms with Crippen molar-refractivity contribution >= 4 is 27.3 Å². The van der Waals surface area contributed by atoms with Crippen molar-refractivity contribution in [3.05, 3.63) is 72.8 Å². The minimum absolute atomic E-state index is 0.0441. The highest BCUT2D eigenvalue weighted by atomic mass is 32.2.